The van der Waals surface area contributed by atoms with E-state index in [1.54, 1.807) is 36.9 Å². The maximum atomic E-state index is 5.59. The van der Waals surface area contributed by atoms with Crippen LogP contribution in [0.25, 0.3) is 54.1 Å². The number of fused-ring (bicyclic) bond motifs is 4. The third-order valence-electron chi connectivity index (χ3n) is 8.29. The number of hydrogen-bond acceptors (Lipinski definition) is 6. The standard InChI is InChI=1S/C40H28N2O2S2/c1-43-28-18-14-25(15-19-28)34-30-11-6-7-12-32(30)42-39-37(34)35(26-16-20-29(44-2)21-17-26)36(31-22-24-46-40(31)39)38(33-13-8-23-45-33)41-27-9-4-3-5-10-27/h3-24H,1-2H3. The average molecular weight is 633 g/mol. The normalized spacial score (nSPS) is 11.8. The number of ether oxygens (including phenoxy) is 2. The Morgan fingerprint density at radius 3 is 1.96 bits per heavy atom. The Kier molecular flexibility index (Phi) is 7.29. The molecule has 0 unspecified atom stereocenters. The van der Waals surface area contributed by atoms with Gasteiger partial charge in [-0.25, -0.2) is 9.98 Å². The molecule has 6 heteroatoms. The monoisotopic (exact) mass is 632 g/mol. The second-order valence-electron chi connectivity index (χ2n) is 10.9. The molecule has 0 aliphatic rings. The lowest BCUT2D eigenvalue weighted by Gasteiger charge is -2.21. The summed E-state index contributed by atoms with van der Waals surface area (Å²) >= 11 is 3.43. The van der Waals surface area contributed by atoms with Crippen molar-refractivity contribution in [2.75, 3.05) is 14.2 Å². The lowest BCUT2D eigenvalue weighted by Crippen LogP contribution is -2.06. The molecule has 3 aromatic heterocycles. The zero-order valence-electron chi connectivity index (χ0n) is 25.2. The topological polar surface area (TPSA) is 43.7 Å². The molecule has 0 spiro atoms. The van der Waals surface area contributed by atoms with E-state index in [1.165, 1.54) is 0 Å². The molecule has 5 aromatic carbocycles. The number of para-hydroxylation sites is 2. The number of aromatic nitrogens is 1. The average Bonchev–Trinajstić information content (AvgIpc) is 3.84. The smallest absolute Gasteiger partial charge is 0.118 e. The van der Waals surface area contributed by atoms with Crippen molar-refractivity contribution in [2.24, 2.45) is 4.99 Å². The summed E-state index contributed by atoms with van der Waals surface area (Å²) in [5.41, 5.74) is 9.26. The summed E-state index contributed by atoms with van der Waals surface area (Å²) in [6, 6.07) is 41.8. The van der Waals surface area contributed by atoms with Crippen LogP contribution < -0.4 is 9.47 Å². The molecule has 46 heavy (non-hydrogen) atoms. The Labute approximate surface area is 274 Å². The first-order valence-corrected chi connectivity index (χ1v) is 16.7. The van der Waals surface area contributed by atoms with Gasteiger partial charge in [-0.15, -0.1) is 22.7 Å². The minimum atomic E-state index is 0.807. The summed E-state index contributed by atoms with van der Waals surface area (Å²) in [4.78, 5) is 11.9. The van der Waals surface area contributed by atoms with Crippen molar-refractivity contribution in [3.8, 4) is 33.8 Å². The Morgan fingerprint density at radius 2 is 1.28 bits per heavy atom. The van der Waals surface area contributed by atoms with E-state index in [0.29, 0.717) is 0 Å². The summed E-state index contributed by atoms with van der Waals surface area (Å²) in [6.45, 7) is 0. The molecule has 222 valence electrons. The quantitative estimate of drug-likeness (QED) is 0.130. The maximum Gasteiger partial charge on any atom is 0.118 e. The molecule has 3 heterocycles. The third-order valence-corrected chi connectivity index (χ3v) is 10.1. The highest BCUT2D eigenvalue weighted by atomic mass is 32.1. The first-order chi connectivity index (χ1) is 22.7. The van der Waals surface area contributed by atoms with Gasteiger partial charge >= 0.3 is 0 Å². The van der Waals surface area contributed by atoms with Gasteiger partial charge < -0.3 is 9.47 Å². The zero-order valence-corrected chi connectivity index (χ0v) is 26.9. The maximum absolute atomic E-state index is 5.59. The Morgan fingerprint density at radius 1 is 0.609 bits per heavy atom. The van der Waals surface area contributed by atoms with Crippen molar-refractivity contribution in [3.05, 3.63) is 143 Å². The molecule has 0 fully saturated rings. The fourth-order valence-electron chi connectivity index (χ4n) is 6.20. The van der Waals surface area contributed by atoms with Gasteiger partial charge in [-0.2, -0.15) is 0 Å². The van der Waals surface area contributed by atoms with Crippen molar-refractivity contribution in [2.45, 2.75) is 0 Å². The summed E-state index contributed by atoms with van der Waals surface area (Å²) < 4.78 is 12.3. The molecule has 0 bridgehead atoms. The van der Waals surface area contributed by atoms with Crippen molar-refractivity contribution in [1.82, 2.24) is 4.98 Å². The summed E-state index contributed by atoms with van der Waals surface area (Å²) in [6.07, 6.45) is 0. The van der Waals surface area contributed by atoms with E-state index in [4.69, 9.17) is 19.5 Å². The van der Waals surface area contributed by atoms with E-state index in [2.05, 4.69) is 89.6 Å². The molecule has 0 atom stereocenters. The van der Waals surface area contributed by atoms with Gasteiger partial charge in [0.1, 0.15) is 11.5 Å². The lowest BCUT2D eigenvalue weighted by atomic mass is 9.85. The Bertz CT molecular complexity index is 2360. The van der Waals surface area contributed by atoms with Gasteiger partial charge in [-0.3, -0.25) is 0 Å². The van der Waals surface area contributed by atoms with E-state index in [9.17, 15) is 0 Å². The van der Waals surface area contributed by atoms with Gasteiger partial charge in [0.2, 0.25) is 0 Å². The van der Waals surface area contributed by atoms with Crippen LogP contribution in [0.4, 0.5) is 5.69 Å². The molecule has 8 rings (SSSR count). The van der Waals surface area contributed by atoms with Crippen molar-refractivity contribution >= 4 is 66.0 Å². The first kappa shape index (κ1) is 28.2. The molecule has 0 amide bonds. The molecule has 4 nitrogen and oxygen atoms in total. The van der Waals surface area contributed by atoms with Crippen LogP contribution in [0, 0.1) is 0 Å². The molecule has 8 aromatic rings. The molecule has 0 radical (unpaired) electrons. The number of thiophene rings is 2. The van der Waals surface area contributed by atoms with Crippen LogP contribution in [0.2, 0.25) is 0 Å². The second-order valence-corrected chi connectivity index (χ2v) is 12.7. The van der Waals surface area contributed by atoms with E-state index >= 15 is 0 Å². The minimum absolute atomic E-state index is 0.807. The summed E-state index contributed by atoms with van der Waals surface area (Å²) in [5, 5.41) is 7.61. The van der Waals surface area contributed by atoms with Crippen LogP contribution in [0.1, 0.15) is 10.4 Å². The van der Waals surface area contributed by atoms with Crippen LogP contribution in [0.15, 0.2) is 137 Å². The van der Waals surface area contributed by atoms with E-state index < -0.39 is 0 Å². The number of hydrogen-bond donors (Lipinski definition) is 0. The van der Waals surface area contributed by atoms with Crippen LogP contribution in [0.3, 0.4) is 0 Å². The molecular weight excluding hydrogens is 605 g/mol. The molecule has 0 saturated heterocycles. The highest BCUT2D eigenvalue weighted by molar-refractivity contribution is 7.18. The van der Waals surface area contributed by atoms with Gasteiger partial charge in [-0.1, -0.05) is 66.7 Å². The predicted octanol–water partition coefficient (Wildman–Crippen LogP) is 11.2. The van der Waals surface area contributed by atoms with Gasteiger partial charge in [0.05, 0.1) is 46.2 Å². The van der Waals surface area contributed by atoms with Crippen molar-refractivity contribution in [3.63, 3.8) is 0 Å². The number of methoxy groups -OCH3 is 2. The Hall–Kier alpha value is -5.30. The van der Waals surface area contributed by atoms with Gasteiger partial charge in [0.15, 0.2) is 0 Å². The SMILES string of the molecule is COc1ccc(-c2c(C(=Nc3ccccc3)c3cccs3)c3ccsc3c3nc4ccccc4c(-c4ccc(OC)cc4)c23)cc1. The van der Waals surface area contributed by atoms with Crippen LogP contribution in [-0.4, -0.2) is 24.9 Å². The number of nitrogens with zero attached hydrogens (tertiary/aromatic N) is 2. The summed E-state index contributed by atoms with van der Waals surface area (Å²) in [5.74, 6) is 1.62. The first-order valence-electron chi connectivity index (χ1n) is 15.0. The predicted molar refractivity (Wildman–Crippen MR) is 195 cm³/mol. The highest BCUT2D eigenvalue weighted by Crippen LogP contribution is 2.48. The zero-order chi connectivity index (χ0) is 31.0. The van der Waals surface area contributed by atoms with Crippen LogP contribution in [-0.2, 0) is 0 Å². The molecule has 0 N–H and O–H groups in total. The molecule has 0 saturated carbocycles. The number of aliphatic imine (C=N–C) groups is 1. The largest absolute Gasteiger partial charge is 0.497 e. The minimum Gasteiger partial charge on any atom is -0.497 e. The molecule has 0 aliphatic heterocycles. The molecule has 0 aliphatic carbocycles. The van der Waals surface area contributed by atoms with Crippen LogP contribution in [0.5, 0.6) is 11.5 Å². The fraction of sp³-hybridized carbons (Fsp3) is 0.0500. The number of rotatable bonds is 7. The van der Waals surface area contributed by atoms with E-state index in [1.807, 2.05) is 42.5 Å². The van der Waals surface area contributed by atoms with Gasteiger partial charge in [0.25, 0.3) is 0 Å². The lowest BCUT2D eigenvalue weighted by molar-refractivity contribution is 0.415. The van der Waals surface area contributed by atoms with Gasteiger partial charge in [0, 0.05) is 32.8 Å². The van der Waals surface area contributed by atoms with Gasteiger partial charge in [-0.05, 0) is 76.5 Å². The van der Waals surface area contributed by atoms with Crippen molar-refractivity contribution in [1.29, 1.82) is 0 Å². The highest BCUT2D eigenvalue weighted by Gasteiger charge is 2.26. The van der Waals surface area contributed by atoms with Crippen LogP contribution >= 0.6 is 22.7 Å². The fourth-order valence-corrected chi connectivity index (χ4v) is 7.81. The van der Waals surface area contributed by atoms with Crippen molar-refractivity contribution < 1.29 is 9.47 Å². The number of pyridine rings is 1. The molecular formula is C40H28N2O2S2. The second kappa shape index (κ2) is 11.9. The van der Waals surface area contributed by atoms with E-state index in [-0.39, 0.29) is 0 Å². The Balaban J connectivity index is 1.61. The van der Waals surface area contributed by atoms with E-state index in [0.717, 1.165) is 87.5 Å². The number of benzene rings is 5. The third kappa shape index (κ3) is 4.83. The summed E-state index contributed by atoms with van der Waals surface area (Å²) in [7, 11) is 3.40.